The first-order valence-electron chi connectivity index (χ1n) is 13.5. The average molecular weight is 560 g/mol. The summed E-state index contributed by atoms with van der Waals surface area (Å²) in [6, 6.07) is 7.05. The molecule has 2 atom stereocenters. The predicted octanol–water partition coefficient (Wildman–Crippen LogP) is 5.39. The molecule has 5 rings (SSSR count). The SMILES string of the molecule is COC(=O)C1CCC(OC[C@@H]2C[C@H](F)CN2C(=O)Cc2ccc3nc(Nc4cccc(F)c4C)oc3c2F)CC1. The summed E-state index contributed by atoms with van der Waals surface area (Å²) in [6.07, 6.45) is 1.34. The van der Waals surface area contributed by atoms with Crippen LogP contribution in [0.3, 0.4) is 0 Å². The molecule has 40 heavy (non-hydrogen) atoms. The number of oxazole rings is 1. The Labute approximate surface area is 229 Å². The molecule has 11 heteroatoms. The number of hydrogen-bond acceptors (Lipinski definition) is 7. The van der Waals surface area contributed by atoms with Crippen LogP contribution in [0.2, 0.25) is 0 Å². The van der Waals surface area contributed by atoms with Gasteiger partial charge in [0.2, 0.25) is 5.91 Å². The van der Waals surface area contributed by atoms with E-state index in [1.54, 1.807) is 19.1 Å². The normalized spacial score (nSPS) is 23.0. The highest BCUT2D eigenvalue weighted by Crippen LogP contribution is 2.31. The third kappa shape index (κ3) is 5.94. The molecule has 0 bridgehead atoms. The Hall–Kier alpha value is -3.60. The summed E-state index contributed by atoms with van der Waals surface area (Å²) in [5, 5.41) is 2.86. The molecular formula is C29H32F3N3O5. The quantitative estimate of drug-likeness (QED) is 0.370. The summed E-state index contributed by atoms with van der Waals surface area (Å²) in [5.74, 6) is -1.88. The zero-order valence-corrected chi connectivity index (χ0v) is 22.4. The number of hydrogen-bond donors (Lipinski definition) is 1. The number of benzene rings is 2. The van der Waals surface area contributed by atoms with Crippen molar-refractivity contribution in [3.8, 4) is 0 Å². The third-order valence-electron chi connectivity index (χ3n) is 7.84. The van der Waals surface area contributed by atoms with Crippen LogP contribution >= 0.6 is 0 Å². The van der Waals surface area contributed by atoms with Crippen molar-refractivity contribution in [2.24, 2.45) is 5.92 Å². The minimum absolute atomic E-state index is 0.0104. The molecule has 3 aromatic rings. The van der Waals surface area contributed by atoms with E-state index in [0.29, 0.717) is 36.9 Å². The largest absolute Gasteiger partial charge is 0.469 e. The Bertz CT molecular complexity index is 1390. The first-order valence-corrected chi connectivity index (χ1v) is 13.5. The summed E-state index contributed by atoms with van der Waals surface area (Å²) in [5.41, 5.74) is 1.01. The Morgan fingerprint density at radius 3 is 2.67 bits per heavy atom. The fourth-order valence-electron chi connectivity index (χ4n) is 5.52. The number of ether oxygens (including phenoxy) is 2. The number of likely N-dealkylation sites (tertiary alicyclic amines) is 1. The minimum Gasteiger partial charge on any atom is -0.469 e. The maximum Gasteiger partial charge on any atom is 0.308 e. The highest BCUT2D eigenvalue weighted by molar-refractivity contribution is 5.83. The molecule has 1 aromatic heterocycles. The number of esters is 1. The molecule has 8 nitrogen and oxygen atoms in total. The Kier molecular flexibility index (Phi) is 8.30. The number of carbonyl (C=O) groups excluding carboxylic acids is 2. The van der Waals surface area contributed by atoms with E-state index in [-0.39, 0.29) is 66.7 Å². The first kappa shape index (κ1) is 27.9. The van der Waals surface area contributed by atoms with Crippen LogP contribution in [0.25, 0.3) is 11.1 Å². The zero-order chi connectivity index (χ0) is 28.4. The molecule has 0 spiro atoms. The second-order valence-corrected chi connectivity index (χ2v) is 10.5. The Balaban J connectivity index is 1.22. The lowest BCUT2D eigenvalue weighted by molar-refractivity contribution is -0.148. The summed E-state index contributed by atoms with van der Waals surface area (Å²) < 4.78 is 60.0. The molecule has 214 valence electrons. The Morgan fingerprint density at radius 2 is 1.93 bits per heavy atom. The number of amides is 1. The molecule has 0 radical (unpaired) electrons. The number of fused-ring (bicyclic) bond motifs is 1. The first-order chi connectivity index (χ1) is 19.2. The van der Waals surface area contributed by atoms with Crippen LogP contribution in [0.15, 0.2) is 34.7 Å². The van der Waals surface area contributed by atoms with E-state index in [2.05, 4.69) is 10.3 Å². The fourth-order valence-corrected chi connectivity index (χ4v) is 5.52. The van der Waals surface area contributed by atoms with Gasteiger partial charge in [-0.15, -0.1) is 0 Å². The van der Waals surface area contributed by atoms with Gasteiger partial charge in [-0.05, 0) is 50.8 Å². The number of carbonyl (C=O) groups is 2. The van der Waals surface area contributed by atoms with Gasteiger partial charge < -0.3 is 24.1 Å². The van der Waals surface area contributed by atoms with Gasteiger partial charge in [0.1, 0.15) is 17.5 Å². The maximum absolute atomic E-state index is 15.4. The molecule has 1 saturated heterocycles. The molecule has 1 saturated carbocycles. The number of halogens is 3. The van der Waals surface area contributed by atoms with Gasteiger partial charge in [0.25, 0.3) is 6.01 Å². The van der Waals surface area contributed by atoms with Crippen LogP contribution in [-0.2, 0) is 25.5 Å². The van der Waals surface area contributed by atoms with Gasteiger partial charge >= 0.3 is 5.97 Å². The van der Waals surface area contributed by atoms with Crippen LogP contribution in [0.4, 0.5) is 24.9 Å². The van der Waals surface area contributed by atoms with Gasteiger partial charge in [-0.1, -0.05) is 12.1 Å². The summed E-state index contributed by atoms with van der Waals surface area (Å²) in [7, 11) is 1.38. The van der Waals surface area contributed by atoms with E-state index in [9.17, 15) is 18.4 Å². The lowest BCUT2D eigenvalue weighted by Gasteiger charge is -2.30. The molecule has 1 amide bonds. The summed E-state index contributed by atoms with van der Waals surface area (Å²) >= 11 is 0. The summed E-state index contributed by atoms with van der Waals surface area (Å²) in [6.45, 7) is 1.70. The van der Waals surface area contributed by atoms with Crippen molar-refractivity contribution in [2.75, 3.05) is 25.6 Å². The van der Waals surface area contributed by atoms with Crippen molar-refractivity contribution in [1.82, 2.24) is 9.88 Å². The van der Waals surface area contributed by atoms with Gasteiger partial charge in [0.05, 0.1) is 44.7 Å². The monoisotopic (exact) mass is 559 g/mol. The summed E-state index contributed by atoms with van der Waals surface area (Å²) in [4.78, 5) is 30.6. The zero-order valence-electron chi connectivity index (χ0n) is 22.4. The standard InChI is InChI=1S/C29H32F3N3O5/c1-16-22(31)4-3-5-23(16)33-29-34-24-11-8-18(26(32)27(24)40-29)12-25(36)35-14-19(30)13-20(35)15-39-21-9-6-17(7-10-21)28(37)38-2/h3-5,8,11,17,19-21H,6-7,9-10,12-15H2,1-2H3,(H,33,34)/t17?,19-,20-,21?/m0/s1. The fraction of sp³-hybridized carbons (Fsp3) is 0.483. The van der Waals surface area contributed by atoms with Crippen molar-refractivity contribution in [3.05, 3.63) is 53.1 Å². The lowest BCUT2D eigenvalue weighted by atomic mass is 9.87. The molecule has 2 fully saturated rings. The molecule has 0 unspecified atom stereocenters. The number of anilines is 2. The van der Waals surface area contributed by atoms with Crippen LogP contribution in [0.5, 0.6) is 0 Å². The van der Waals surface area contributed by atoms with Crippen LogP contribution in [0, 0.1) is 24.5 Å². The molecule has 2 heterocycles. The van der Waals surface area contributed by atoms with Crippen LogP contribution in [-0.4, -0.2) is 60.3 Å². The maximum atomic E-state index is 15.4. The second kappa shape index (κ2) is 11.9. The van der Waals surface area contributed by atoms with Gasteiger partial charge in [-0.3, -0.25) is 9.59 Å². The van der Waals surface area contributed by atoms with Crippen molar-refractivity contribution in [3.63, 3.8) is 0 Å². The van der Waals surface area contributed by atoms with E-state index in [4.69, 9.17) is 13.9 Å². The molecule has 1 aliphatic heterocycles. The van der Waals surface area contributed by atoms with Crippen molar-refractivity contribution < 1.29 is 36.7 Å². The van der Waals surface area contributed by atoms with Gasteiger partial charge in [-0.2, -0.15) is 4.98 Å². The Morgan fingerprint density at radius 1 is 1.15 bits per heavy atom. The molecule has 1 N–H and O–H groups in total. The predicted molar refractivity (Wildman–Crippen MR) is 141 cm³/mol. The van der Waals surface area contributed by atoms with Crippen molar-refractivity contribution >= 4 is 34.7 Å². The van der Waals surface area contributed by atoms with Crippen LogP contribution in [0.1, 0.15) is 43.2 Å². The van der Waals surface area contributed by atoms with E-state index < -0.39 is 29.8 Å². The number of nitrogens with one attached hydrogen (secondary N) is 1. The highest BCUT2D eigenvalue weighted by atomic mass is 19.1. The lowest BCUT2D eigenvalue weighted by Crippen LogP contribution is -2.40. The topological polar surface area (TPSA) is 93.9 Å². The number of alkyl halides is 1. The number of aromatic nitrogens is 1. The molecule has 2 aliphatic rings. The molecule has 1 aliphatic carbocycles. The van der Waals surface area contributed by atoms with Crippen molar-refractivity contribution in [2.45, 2.75) is 63.8 Å². The van der Waals surface area contributed by atoms with E-state index in [1.807, 2.05) is 0 Å². The highest BCUT2D eigenvalue weighted by Gasteiger charge is 2.37. The van der Waals surface area contributed by atoms with Gasteiger partial charge in [-0.25, -0.2) is 13.2 Å². The van der Waals surface area contributed by atoms with Gasteiger partial charge in [0, 0.05) is 23.2 Å². The second-order valence-electron chi connectivity index (χ2n) is 10.5. The van der Waals surface area contributed by atoms with Gasteiger partial charge in [0.15, 0.2) is 11.4 Å². The number of methoxy groups -OCH3 is 1. The smallest absolute Gasteiger partial charge is 0.308 e. The van der Waals surface area contributed by atoms with E-state index >= 15 is 4.39 Å². The third-order valence-corrected chi connectivity index (χ3v) is 7.84. The number of rotatable bonds is 8. The average Bonchev–Trinajstić information content (AvgIpc) is 3.54. The number of nitrogens with zero attached hydrogens (tertiary/aromatic N) is 2. The van der Waals surface area contributed by atoms with Crippen LogP contribution < -0.4 is 5.32 Å². The van der Waals surface area contributed by atoms with Crippen molar-refractivity contribution in [1.29, 1.82) is 0 Å². The van der Waals surface area contributed by atoms with E-state index in [1.165, 1.54) is 30.2 Å². The molecule has 2 aromatic carbocycles. The minimum atomic E-state index is -1.19. The van der Waals surface area contributed by atoms with E-state index in [0.717, 1.165) is 0 Å². The molecular weight excluding hydrogens is 527 g/mol.